The average molecular weight is 290 g/mol. The zero-order valence-corrected chi connectivity index (χ0v) is 13.0. The molecule has 0 fully saturated rings. The minimum atomic E-state index is -1.23. The van der Waals surface area contributed by atoms with Gasteiger partial charge in [0, 0.05) is 13.5 Å². The van der Waals surface area contributed by atoms with Crippen molar-refractivity contribution in [2.24, 2.45) is 0 Å². The molecule has 2 atom stereocenters. The fourth-order valence-corrected chi connectivity index (χ4v) is 2.26. The van der Waals surface area contributed by atoms with Crippen LogP contribution in [0.15, 0.2) is 0 Å². The summed E-state index contributed by atoms with van der Waals surface area (Å²) in [5, 5.41) is 17.5. The van der Waals surface area contributed by atoms with E-state index in [1.807, 2.05) is 6.92 Å². The standard InChI is InChI=1S/C15H30O5/c1-4-9-13(19-5-2)14(20-12(3)16)10-7-6-8-11-15(17)18/h13-15,17-18H,4-11H2,1-3H3. The van der Waals surface area contributed by atoms with Crippen LogP contribution < -0.4 is 0 Å². The first-order chi connectivity index (χ1) is 9.51. The summed E-state index contributed by atoms with van der Waals surface area (Å²) in [4.78, 5) is 11.2. The van der Waals surface area contributed by atoms with E-state index >= 15 is 0 Å². The quantitative estimate of drug-likeness (QED) is 0.328. The molecule has 0 aliphatic carbocycles. The number of hydrogen-bond acceptors (Lipinski definition) is 5. The smallest absolute Gasteiger partial charge is 0.302 e. The molecule has 0 rings (SSSR count). The maximum absolute atomic E-state index is 11.2. The molecule has 120 valence electrons. The summed E-state index contributed by atoms with van der Waals surface area (Å²) in [7, 11) is 0. The highest BCUT2D eigenvalue weighted by atomic mass is 16.6. The number of esters is 1. The summed E-state index contributed by atoms with van der Waals surface area (Å²) >= 11 is 0. The Balaban J connectivity index is 4.20. The van der Waals surface area contributed by atoms with E-state index in [0.29, 0.717) is 13.0 Å². The van der Waals surface area contributed by atoms with Crippen molar-refractivity contribution >= 4 is 5.97 Å². The van der Waals surface area contributed by atoms with E-state index in [4.69, 9.17) is 19.7 Å². The Hall–Kier alpha value is -0.650. The van der Waals surface area contributed by atoms with Crippen LogP contribution in [0.3, 0.4) is 0 Å². The Kier molecular flexibility index (Phi) is 11.7. The van der Waals surface area contributed by atoms with Crippen molar-refractivity contribution < 1.29 is 24.5 Å². The lowest BCUT2D eigenvalue weighted by molar-refractivity contribution is -0.156. The van der Waals surface area contributed by atoms with Crippen LogP contribution in [0.1, 0.15) is 65.7 Å². The van der Waals surface area contributed by atoms with Gasteiger partial charge in [-0.25, -0.2) is 0 Å². The maximum atomic E-state index is 11.2. The Morgan fingerprint density at radius 1 is 1.00 bits per heavy atom. The number of carbonyl (C=O) groups is 1. The summed E-state index contributed by atoms with van der Waals surface area (Å²) in [5.74, 6) is -0.276. The first-order valence-electron chi connectivity index (χ1n) is 7.66. The first-order valence-corrected chi connectivity index (χ1v) is 7.66. The molecule has 2 N–H and O–H groups in total. The minimum absolute atomic E-state index is 0.0441. The largest absolute Gasteiger partial charge is 0.460 e. The lowest BCUT2D eigenvalue weighted by Crippen LogP contribution is -2.33. The van der Waals surface area contributed by atoms with E-state index in [9.17, 15) is 4.79 Å². The lowest BCUT2D eigenvalue weighted by Gasteiger charge is -2.26. The van der Waals surface area contributed by atoms with Gasteiger partial charge in [0.1, 0.15) is 6.10 Å². The molecule has 0 bridgehead atoms. The van der Waals surface area contributed by atoms with Crippen LogP contribution in [0.5, 0.6) is 0 Å². The van der Waals surface area contributed by atoms with Crippen LogP contribution in [-0.2, 0) is 14.3 Å². The fourth-order valence-electron chi connectivity index (χ4n) is 2.26. The monoisotopic (exact) mass is 290 g/mol. The van der Waals surface area contributed by atoms with Gasteiger partial charge in [-0.3, -0.25) is 4.79 Å². The van der Waals surface area contributed by atoms with E-state index < -0.39 is 6.29 Å². The molecule has 0 aliphatic heterocycles. The van der Waals surface area contributed by atoms with Crippen LogP contribution in [0.2, 0.25) is 0 Å². The second kappa shape index (κ2) is 12.1. The second-order valence-corrected chi connectivity index (χ2v) is 5.05. The molecule has 2 unspecified atom stereocenters. The molecule has 0 radical (unpaired) electrons. The van der Waals surface area contributed by atoms with Crippen LogP contribution in [0.4, 0.5) is 0 Å². The maximum Gasteiger partial charge on any atom is 0.302 e. The minimum Gasteiger partial charge on any atom is -0.460 e. The van der Waals surface area contributed by atoms with Gasteiger partial charge in [0.15, 0.2) is 6.29 Å². The van der Waals surface area contributed by atoms with Crippen LogP contribution in [0.25, 0.3) is 0 Å². The number of ether oxygens (including phenoxy) is 2. The fraction of sp³-hybridized carbons (Fsp3) is 0.933. The zero-order valence-electron chi connectivity index (χ0n) is 13.0. The summed E-state index contributed by atoms with van der Waals surface area (Å²) in [5.41, 5.74) is 0. The van der Waals surface area contributed by atoms with E-state index in [0.717, 1.165) is 38.5 Å². The first kappa shape index (κ1) is 19.4. The summed E-state index contributed by atoms with van der Waals surface area (Å²) in [6.45, 7) is 6.05. The number of aliphatic hydroxyl groups is 2. The van der Waals surface area contributed by atoms with Gasteiger partial charge in [-0.05, 0) is 39.0 Å². The molecule has 0 spiro atoms. The third-order valence-electron chi connectivity index (χ3n) is 3.14. The SMILES string of the molecule is CCCC(OCC)C(CCCCCC(O)O)OC(C)=O. The molecule has 0 aromatic rings. The van der Waals surface area contributed by atoms with Crippen molar-refractivity contribution in [3.63, 3.8) is 0 Å². The molecule has 5 nitrogen and oxygen atoms in total. The normalized spacial score (nSPS) is 14.3. The molecular weight excluding hydrogens is 260 g/mol. The van der Waals surface area contributed by atoms with Crippen LogP contribution in [-0.4, -0.2) is 41.3 Å². The molecule has 0 amide bonds. The van der Waals surface area contributed by atoms with Gasteiger partial charge in [-0.1, -0.05) is 19.8 Å². The van der Waals surface area contributed by atoms with Crippen molar-refractivity contribution in [3.05, 3.63) is 0 Å². The van der Waals surface area contributed by atoms with Crippen molar-refractivity contribution in [3.8, 4) is 0 Å². The summed E-state index contributed by atoms with van der Waals surface area (Å²) in [6.07, 6.45) is 4.07. The van der Waals surface area contributed by atoms with Gasteiger partial charge in [0.25, 0.3) is 0 Å². The Morgan fingerprint density at radius 3 is 2.15 bits per heavy atom. The topological polar surface area (TPSA) is 76.0 Å². The molecule has 0 aromatic carbocycles. The van der Waals surface area contributed by atoms with Crippen molar-refractivity contribution in [1.82, 2.24) is 0 Å². The van der Waals surface area contributed by atoms with E-state index in [2.05, 4.69) is 6.92 Å². The predicted molar refractivity (Wildman–Crippen MR) is 77.2 cm³/mol. The predicted octanol–water partition coefficient (Wildman–Crippen LogP) is 2.38. The van der Waals surface area contributed by atoms with Crippen molar-refractivity contribution in [2.45, 2.75) is 84.2 Å². The van der Waals surface area contributed by atoms with Crippen molar-refractivity contribution in [1.29, 1.82) is 0 Å². The third kappa shape index (κ3) is 10.2. The molecule has 0 saturated heterocycles. The number of carbonyl (C=O) groups excluding carboxylic acids is 1. The second-order valence-electron chi connectivity index (χ2n) is 5.05. The summed E-state index contributed by atoms with van der Waals surface area (Å²) < 4.78 is 11.1. The molecule has 0 heterocycles. The highest BCUT2D eigenvalue weighted by Crippen LogP contribution is 2.18. The van der Waals surface area contributed by atoms with E-state index in [1.165, 1.54) is 6.92 Å². The van der Waals surface area contributed by atoms with Crippen LogP contribution in [0, 0.1) is 0 Å². The van der Waals surface area contributed by atoms with Crippen LogP contribution >= 0.6 is 0 Å². The molecule has 0 aliphatic rings. The molecule has 5 heteroatoms. The Labute approximate surface area is 122 Å². The highest BCUT2D eigenvalue weighted by Gasteiger charge is 2.23. The lowest BCUT2D eigenvalue weighted by atomic mass is 10.0. The van der Waals surface area contributed by atoms with Gasteiger partial charge >= 0.3 is 5.97 Å². The van der Waals surface area contributed by atoms with E-state index in [1.54, 1.807) is 0 Å². The number of hydrogen-bond donors (Lipinski definition) is 2. The molecule has 0 aromatic heterocycles. The third-order valence-corrected chi connectivity index (χ3v) is 3.14. The van der Waals surface area contributed by atoms with E-state index in [-0.39, 0.29) is 18.2 Å². The average Bonchev–Trinajstić information content (AvgIpc) is 2.36. The Morgan fingerprint density at radius 2 is 1.65 bits per heavy atom. The molecule has 0 saturated carbocycles. The van der Waals surface area contributed by atoms with Gasteiger partial charge in [0.2, 0.25) is 0 Å². The van der Waals surface area contributed by atoms with Gasteiger partial charge in [-0.2, -0.15) is 0 Å². The number of unbranched alkanes of at least 4 members (excludes halogenated alkanes) is 2. The Bertz CT molecular complexity index is 236. The molecular formula is C15H30O5. The summed E-state index contributed by atoms with van der Waals surface area (Å²) in [6, 6.07) is 0. The van der Waals surface area contributed by atoms with Gasteiger partial charge in [0.05, 0.1) is 6.10 Å². The molecule has 20 heavy (non-hydrogen) atoms. The number of rotatable bonds is 12. The zero-order chi connectivity index (χ0) is 15.4. The highest BCUT2D eigenvalue weighted by molar-refractivity contribution is 5.66. The number of aliphatic hydroxyl groups excluding tert-OH is 1. The van der Waals surface area contributed by atoms with Gasteiger partial charge in [-0.15, -0.1) is 0 Å². The van der Waals surface area contributed by atoms with Gasteiger partial charge < -0.3 is 19.7 Å². The van der Waals surface area contributed by atoms with Crippen molar-refractivity contribution in [2.75, 3.05) is 6.61 Å².